The highest BCUT2D eigenvalue weighted by atomic mass is 35.5. The maximum Gasteiger partial charge on any atom is 0.120 e. The number of rotatable bonds is 4. The molecule has 0 aliphatic carbocycles. The molecule has 0 radical (unpaired) electrons. The largest absolute Gasteiger partial charge is 0.491 e. The standard InChI is InChI=1S/C14H20ClNO2/c1-3-16-8-14(17-9-11(16)2)10-18-13-6-4-5-12(15)7-13/h4-7,11,14H,3,8-10H2,1-2H3/t11-,14+/m1/s1. The fourth-order valence-electron chi connectivity index (χ4n) is 2.16. The van der Waals surface area contributed by atoms with Gasteiger partial charge in [-0.2, -0.15) is 0 Å². The molecule has 1 aliphatic heterocycles. The molecule has 0 unspecified atom stereocenters. The lowest BCUT2D eigenvalue weighted by Gasteiger charge is -2.37. The Morgan fingerprint density at radius 2 is 2.33 bits per heavy atom. The van der Waals surface area contributed by atoms with Crippen LogP contribution in [0.15, 0.2) is 24.3 Å². The summed E-state index contributed by atoms with van der Waals surface area (Å²) in [6, 6.07) is 7.96. The predicted molar refractivity (Wildman–Crippen MR) is 73.4 cm³/mol. The van der Waals surface area contributed by atoms with Crippen LogP contribution < -0.4 is 4.74 Å². The number of benzene rings is 1. The Bertz CT molecular complexity index is 386. The predicted octanol–water partition coefficient (Wildman–Crippen LogP) is 2.83. The van der Waals surface area contributed by atoms with Gasteiger partial charge in [-0.15, -0.1) is 0 Å². The topological polar surface area (TPSA) is 21.7 Å². The number of morpholine rings is 1. The second-order valence-electron chi connectivity index (χ2n) is 4.66. The minimum atomic E-state index is 0.139. The van der Waals surface area contributed by atoms with E-state index in [4.69, 9.17) is 21.1 Å². The summed E-state index contributed by atoms with van der Waals surface area (Å²) < 4.78 is 11.5. The zero-order valence-electron chi connectivity index (χ0n) is 10.9. The highest BCUT2D eigenvalue weighted by Crippen LogP contribution is 2.18. The van der Waals surface area contributed by atoms with Crippen molar-refractivity contribution in [3.05, 3.63) is 29.3 Å². The van der Waals surface area contributed by atoms with Crippen molar-refractivity contribution < 1.29 is 9.47 Å². The van der Waals surface area contributed by atoms with Crippen LogP contribution in [0.25, 0.3) is 0 Å². The van der Waals surface area contributed by atoms with E-state index in [0.717, 1.165) is 25.4 Å². The fraction of sp³-hybridized carbons (Fsp3) is 0.571. The van der Waals surface area contributed by atoms with Crippen LogP contribution in [0.1, 0.15) is 13.8 Å². The first kappa shape index (κ1) is 13.7. The molecule has 0 amide bonds. The zero-order chi connectivity index (χ0) is 13.0. The lowest BCUT2D eigenvalue weighted by atomic mass is 10.2. The van der Waals surface area contributed by atoms with Crippen LogP contribution in [0, 0.1) is 0 Å². The van der Waals surface area contributed by atoms with Crippen LogP contribution in [0.4, 0.5) is 0 Å². The Morgan fingerprint density at radius 1 is 1.50 bits per heavy atom. The van der Waals surface area contributed by atoms with Crippen molar-refractivity contribution in [2.75, 3.05) is 26.3 Å². The molecule has 0 bridgehead atoms. The Hall–Kier alpha value is -0.770. The summed E-state index contributed by atoms with van der Waals surface area (Å²) in [5.41, 5.74) is 0. The van der Waals surface area contributed by atoms with Gasteiger partial charge in [-0.1, -0.05) is 24.6 Å². The van der Waals surface area contributed by atoms with Crippen LogP contribution in [-0.4, -0.2) is 43.3 Å². The SMILES string of the molecule is CCN1C[C@@H](COc2cccc(Cl)c2)OC[C@H]1C. The second-order valence-corrected chi connectivity index (χ2v) is 5.10. The summed E-state index contributed by atoms with van der Waals surface area (Å²) in [6.07, 6.45) is 0.139. The third-order valence-corrected chi connectivity index (χ3v) is 3.51. The molecular formula is C14H20ClNO2. The van der Waals surface area contributed by atoms with E-state index in [1.54, 1.807) is 0 Å². The van der Waals surface area contributed by atoms with Gasteiger partial charge >= 0.3 is 0 Å². The van der Waals surface area contributed by atoms with E-state index in [2.05, 4.69) is 18.7 Å². The minimum Gasteiger partial charge on any atom is -0.491 e. The third-order valence-electron chi connectivity index (χ3n) is 3.27. The minimum absolute atomic E-state index is 0.139. The molecule has 0 N–H and O–H groups in total. The maximum absolute atomic E-state index is 5.91. The van der Waals surface area contributed by atoms with Gasteiger partial charge in [-0.25, -0.2) is 0 Å². The van der Waals surface area contributed by atoms with Gasteiger partial charge in [0.05, 0.1) is 6.61 Å². The molecular weight excluding hydrogens is 250 g/mol. The highest BCUT2D eigenvalue weighted by molar-refractivity contribution is 6.30. The van der Waals surface area contributed by atoms with Gasteiger partial charge < -0.3 is 9.47 Å². The third kappa shape index (κ3) is 3.61. The second kappa shape index (κ2) is 6.41. The van der Waals surface area contributed by atoms with E-state index in [0.29, 0.717) is 17.7 Å². The normalized spacial score (nSPS) is 25.1. The molecule has 1 aromatic rings. The Kier molecular flexibility index (Phi) is 4.87. The van der Waals surface area contributed by atoms with Crippen molar-refractivity contribution in [1.29, 1.82) is 0 Å². The molecule has 1 saturated heterocycles. The Balaban J connectivity index is 1.83. The van der Waals surface area contributed by atoms with Crippen molar-refractivity contribution in [1.82, 2.24) is 4.90 Å². The van der Waals surface area contributed by atoms with Gasteiger partial charge in [0.15, 0.2) is 0 Å². The summed E-state index contributed by atoms with van der Waals surface area (Å²) in [7, 11) is 0. The average molecular weight is 270 g/mol. The van der Waals surface area contributed by atoms with Crippen LogP contribution in [0.3, 0.4) is 0 Å². The number of nitrogens with zero attached hydrogens (tertiary/aromatic N) is 1. The number of hydrogen-bond donors (Lipinski definition) is 0. The molecule has 1 aliphatic rings. The number of ether oxygens (including phenoxy) is 2. The summed E-state index contributed by atoms with van der Waals surface area (Å²) in [6.45, 7) is 7.70. The maximum atomic E-state index is 5.91. The van der Waals surface area contributed by atoms with Crippen molar-refractivity contribution in [3.63, 3.8) is 0 Å². The molecule has 4 heteroatoms. The molecule has 0 saturated carbocycles. The average Bonchev–Trinajstić information content (AvgIpc) is 2.38. The smallest absolute Gasteiger partial charge is 0.120 e. The molecule has 1 fully saturated rings. The number of hydrogen-bond acceptors (Lipinski definition) is 3. The van der Waals surface area contributed by atoms with Crippen LogP contribution in [0.2, 0.25) is 5.02 Å². The van der Waals surface area contributed by atoms with E-state index < -0.39 is 0 Å². The summed E-state index contributed by atoms with van der Waals surface area (Å²) in [5, 5.41) is 0.695. The van der Waals surface area contributed by atoms with Gasteiger partial charge in [0.1, 0.15) is 18.5 Å². The molecule has 18 heavy (non-hydrogen) atoms. The van der Waals surface area contributed by atoms with Crippen LogP contribution >= 0.6 is 11.6 Å². The summed E-state index contributed by atoms with van der Waals surface area (Å²) in [4.78, 5) is 2.41. The molecule has 3 nitrogen and oxygen atoms in total. The van der Waals surface area contributed by atoms with Gasteiger partial charge in [-0.05, 0) is 31.7 Å². The zero-order valence-corrected chi connectivity index (χ0v) is 11.7. The van der Waals surface area contributed by atoms with E-state index in [-0.39, 0.29) is 6.10 Å². The van der Waals surface area contributed by atoms with Gasteiger partial charge in [0, 0.05) is 17.6 Å². The van der Waals surface area contributed by atoms with Crippen molar-refractivity contribution >= 4 is 11.6 Å². The molecule has 1 aromatic carbocycles. The highest BCUT2D eigenvalue weighted by Gasteiger charge is 2.25. The lowest BCUT2D eigenvalue weighted by Crippen LogP contribution is -2.49. The van der Waals surface area contributed by atoms with Gasteiger partial charge in [0.25, 0.3) is 0 Å². The molecule has 0 aromatic heterocycles. The Morgan fingerprint density at radius 3 is 3.06 bits per heavy atom. The quantitative estimate of drug-likeness (QED) is 0.839. The van der Waals surface area contributed by atoms with Crippen LogP contribution in [-0.2, 0) is 4.74 Å². The summed E-state index contributed by atoms with van der Waals surface area (Å²) >= 11 is 5.91. The summed E-state index contributed by atoms with van der Waals surface area (Å²) in [5.74, 6) is 0.799. The monoisotopic (exact) mass is 269 g/mol. The first-order valence-corrected chi connectivity index (χ1v) is 6.81. The van der Waals surface area contributed by atoms with Crippen molar-refractivity contribution in [2.24, 2.45) is 0 Å². The van der Waals surface area contributed by atoms with Gasteiger partial charge in [0.2, 0.25) is 0 Å². The fourth-order valence-corrected chi connectivity index (χ4v) is 2.34. The molecule has 100 valence electrons. The molecule has 1 heterocycles. The van der Waals surface area contributed by atoms with E-state index >= 15 is 0 Å². The van der Waals surface area contributed by atoms with E-state index in [1.807, 2.05) is 24.3 Å². The first-order valence-electron chi connectivity index (χ1n) is 6.43. The number of halogens is 1. The van der Waals surface area contributed by atoms with E-state index in [1.165, 1.54) is 0 Å². The van der Waals surface area contributed by atoms with Crippen LogP contribution in [0.5, 0.6) is 5.75 Å². The lowest BCUT2D eigenvalue weighted by molar-refractivity contribution is -0.0720. The van der Waals surface area contributed by atoms with Crippen molar-refractivity contribution in [3.8, 4) is 5.75 Å². The molecule has 0 spiro atoms. The van der Waals surface area contributed by atoms with E-state index in [9.17, 15) is 0 Å². The first-order chi connectivity index (χ1) is 8.69. The Labute approximate surface area is 114 Å². The van der Waals surface area contributed by atoms with Gasteiger partial charge in [-0.3, -0.25) is 4.90 Å². The number of likely N-dealkylation sites (N-methyl/N-ethyl adjacent to an activating group) is 1. The van der Waals surface area contributed by atoms with Crippen molar-refractivity contribution in [2.45, 2.75) is 26.0 Å². The molecule has 2 atom stereocenters. The molecule has 2 rings (SSSR count).